The van der Waals surface area contributed by atoms with Gasteiger partial charge >= 0.3 is 0 Å². The lowest BCUT2D eigenvalue weighted by Crippen LogP contribution is -2.12. The van der Waals surface area contributed by atoms with Crippen molar-refractivity contribution in [3.8, 4) is 11.5 Å². The molecule has 0 aliphatic heterocycles. The minimum absolute atomic E-state index is 0.154. The van der Waals surface area contributed by atoms with Crippen LogP contribution in [0.15, 0.2) is 41.0 Å². The van der Waals surface area contributed by atoms with Crippen LogP contribution in [0.25, 0.3) is 0 Å². The number of methoxy groups -OCH3 is 1. The van der Waals surface area contributed by atoms with E-state index in [1.54, 1.807) is 37.4 Å². The van der Waals surface area contributed by atoms with Gasteiger partial charge in [-0.15, -0.1) is 0 Å². The summed E-state index contributed by atoms with van der Waals surface area (Å²) in [5.41, 5.74) is 0.541. The Hall–Kier alpha value is -2.23. The van der Waals surface area contributed by atoms with Gasteiger partial charge < -0.3 is 13.9 Å². The van der Waals surface area contributed by atoms with Crippen molar-refractivity contribution in [1.82, 2.24) is 0 Å². The average molecular weight is 286 g/mol. The normalized spacial score (nSPS) is 15.1. The van der Waals surface area contributed by atoms with E-state index in [-0.39, 0.29) is 11.9 Å². The van der Waals surface area contributed by atoms with Crippen LogP contribution < -0.4 is 9.47 Å². The maximum absolute atomic E-state index is 12.3. The van der Waals surface area contributed by atoms with Crippen molar-refractivity contribution in [2.75, 3.05) is 7.11 Å². The Morgan fingerprint density at radius 3 is 2.67 bits per heavy atom. The number of carbonyl (C=O) groups excluding carboxylic acids is 1. The molecule has 0 atom stereocenters. The van der Waals surface area contributed by atoms with Gasteiger partial charge in [0.05, 0.1) is 19.5 Å². The molecule has 110 valence electrons. The highest BCUT2D eigenvalue weighted by molar-refractivity contribution is 6.07. The van der Waals surface area contributed by atoms with E-state index >= 15 is 0 Å². The predicted molar refractivity (Wildman–Crippen MR) is 78.0 cm³/mol. The maximum atomic E-state index is 12.3. The van der Waals surface area contributed by atoms with Crippen LogP contribution in [0.1, 0.15) is 41.8 Å². The lowest BCUT2D eigenvalue weighted by molar-refractivity contribution is 0.101. The number of benzene rings is 1. The van der Waals surface area contributed by atoms with Gasteiger partial charge in [0.1, 0.15) is 0 Å². The van der Waals surface area contributed by atoms with Crippen LogP contribution in [0.2, 0.25) is 0 Å². The fourth-order valence-corrected chi connectivity index (χ4v) is 2.65. The standard InChI is InChI=1S/C17H18O4/c1-19-14-9-8-12(17(18)15-7-4-10-20-15)11-16(14)21-13-5-2-3-6-13/h4,7-11,13H,2-3,5-6H2,1H3. The van der Waals surface area contributed by atoms with Crippen molar-refractivity contribution >= 4 is 5.78 Å². The molecule has 4 heteroatoms. The second-order valence-corrected chi connectivity index (χ2v) is 5.20. The quantitative estimate of drug-likeness (QED) is 0.783. The zero-order valence-corrected chi connectivity index (χ0v) is 12.0. The Morgan fingerprint density at radius 1 is 1.19 bits per heavy atom. The number of carbonyl (C=O) groups is 1. The molecule has 0 spiro atoms. The molecule has 1 saturated carbocycles. The number of ketones is 1. The van der Waals surface area contributed by atoms with E-state index in [0.717, 1.165) is 12.8 Å². The summed E-state index contributed by atoms with van der Waals surface area (Å²) in [6.07, 6.45) is 6.20. The maximum Gasteiger partial charge on any atom is 0.228 e. The monoisotopic (exact) mass is 286 g/mol. The third kappa shape index (κ3) is 2.94. The van der Waals surface area contributed by atoms with Crippen molar-refractivity contribution in [3.05, 3.63) is 47.9 Å². The van der Waals surface area contributed by atoms with Gasteiger partial charge in [-0.1, -0.05) is 0 Å². The molecule has 3 rings (SSSR count). The number of rotatable bonds is 5. The van der Waals surface area contributed by atoms with Gasteiger partial charge in [-0.3, -0.25) is 4.79 Å². The first kappa shape index (κ1) is 13.7. The van der Waals surface area contributed by atoms with Crippen LogP contribution in [0.4, 0.5) is 0 Å². The summed E-state index contributed by atoms with van der Waals surface area (Å²) in [5, 5.41) is 0. The molecule has 2 aromatic rings. The Labute approximate surface area is 123 Å². The molecule has 0 radical (unpaired) electrons. The van der Waals surface area contributed by atoms with Gasteiger partial charge in [0.15, 0.2) is 17.3 Å². The summed E-state index contributed by atoms with van der Waals surface area (Å²) in [5.74, 6) is 1.45. The van der Waals surface area contributed by atoms with E-state index in [1.807, 2.05) is 0 Å². The molecule has 1 heterocycles. The highest BCUT2D eigenvalue weighted by atomic mass is 16.5. The number of ether oxygens (including phenoxy) is 2. The molecular weight excluding hydrogens is 268 g/mol. The summed E-state index contributed by atoms with van der Waals surface area (Å²) >= 11 is 0. The Kier molecular flexibility index (Phi) is 3.95. The molecule has 0 N–H and O–H groups in total. The molecule has 1 aliphatic rings. The zero-order chi connectivity index (χ0) is 14.7. The summed E-state index contributed by atoms with van der Waals surface area (Å²) in [6.45, 7) is 0. The van der Waals surface area contributed by atoms with Crippen LogP contribution in [0.3, 0.4) is 0 Å². The molecule has 1 aliphatic carbocycles. The number of furan rings is 1. The number of hydrogen-bond donors (Lipinski definition) is 0. The van der Waals surface area contributed by atoms with Crippen molar-refractivity contribution in [3.63, 3.8) is 0 Å². The molecule has 1 fully saturated rings. The molecule has 1 aromatic carbocycles. The summed E-state index contributed by atoms with van der Waals surface area (Å²) in [4.78, 5) is 12.3. The van der Waals surface area contributed by atoms with E-state index in [9.17, 15) is 4.79 Å². The predicted octanol–water partition coefficient (Wildman–Crippen LogP) is 3.84. The first-order valence-electron chi connectivity index (χ1n) is 7.21. The third-order valence-corrected chi connectivity index (χ3v) is 3.77. The van der Waals surface area contributed by atoms with Gasteiger partial charge in [-0.2, -0.15) is 0 Å². The molecule has 0 amide bonds. The zero-order valence-electron chi connectivity index (χ0n) is 12.0. The van der Waals surface area contributed by atoms with Crippen LogP contribution in [0.5, 0.6) is 11.5 Å². The fraction of sp³-hybridized carbons (Fsp3) is 0.353. The molecule has 0 saturated heterocycles. The first-order valence-corrected chi connectivity index (χ1v) is 7.21. The first-order chi connectivity index (χ1) is 10.3. The lowest BCUT2D eigenvalue weighted by Gasteiger charge is -2.16. The average Bonchev–Trinajstić information content (AvgIpc) is 3.19. The molecule has 21 heavy (non-hydrogen) atoms. The fourth-order valence-electron chi connectivity index (χ4n) is 2.65. The van der Waals surface area contributed by atoms with Crippen LogP contribution in [-0.2, 0) is 0 Å². The van der Waals surface area contributed by atoms with Crippen molar-refractivity contribution < 1.29 is 18.7 Å². The largest absolute Gasteiger partial charge is 0.493 e. The molecule has 4 nitrogen and oxygen atoms in total. The molecule has 0 unspecified atom stereocenters. The van der Waals surface area contributed by atoms with Gasteiger partial charge in [0.2, 0.25) is 5.78 Å². The highest BCUT2D eigenvalue weighted by Crippen LogP contribution is 2.33. The highest BCUT2D eigenvalue weighted by Gasteiger charge is 2.20. The van der Waals surface area contributed by atoms with Gasteiger partial charge in [0.25, 0.3) is 0 Å². The van der Waals surface area contributed by atoms with Gasteiger partial charge in [-0.05, 0) is 56.0 Å². The van der Waals surface area contributed by atoms with E-state index < -0.39 is 0 Å². The summed E-state index contributed by atoms with van der Waals surface area (Å²) in [7, 11) is 1.60. The topological polar surface area (TPSA) is 48.7 Å². The molecule has 0 bridgehead atoms. The Morgan fingerprint density at radius 2 is 2.00 bits per heavy atom. The Bertz CT molecular complexity index is 610. The molecular formula is C17H18O4. The van der Waals surface area contributed by atoms with E-state index in [2.05, 4.69) is 0 Å². The second kappa shape index (κ2) is 6.04. The third-order valence-electron chi connectivity index (χ3n) is 3.77. The Balaban J connectivity index is 1.87. The number of hydrogen-bond acceptors (Lipinski definition) is 4. The smallest absolute Gasteiger partial charge is 0.228 e. The lowest BCUT2D eigenvalue weighted by atomic mass is 10.1. The summed E-state index contributed by atoms with van der Waals surface area (Å²) < 4.78 is 16.5. The van der Waals surface area contributed by atoms with Crippen molar-refractivity contribution in [2.45, 2.75) is 31.8 Å². The SMILES string of the molecule is COc1ccc(C(=O)c2ccco2)cc1OC1CCCC1. The van der Waals surface area contributed by atoms with E-state index in [0.29, 0.717) is 22.8 Å². The summed E-state index contributed by atoms with van der Waals surface area (Å²) in [6, 6.07) is 8.59. The van der Waals surface area contributed by atoms with Crippen LogP contribution >= 0.6 is 0 Å². The second-order valence-electron chi connectivity index (χ2n) is 5.20. The van der Waals surface area contributed by atoms with Crippen molar-refractivity contribution in [1.29, 1.82) is 0 Å². The van der Waals surface area contributed by atoms with Crippen LogP contribution in [-0.4, -0.2) is 19.0 Å². The van der Waals surface area contributed by atoms with Gasteiger partial charge in [-0.25, -0.2) is 0 Å². The van der Waals surface area contributed by atoms with E-state index in [1.165, 1.54) is 19.1 Å². The minimum Gasteiger partial charge on any atom is -0.493 e. The van der Waals surface area contributed by atoms with Crippen LogP contribution in [0, 0.1) is 0 Å². The van der Waals surface area contributed by atoms with Crippen molar-refractivity contribution in [2.24, 2.45) is 0 Å². The van der Waals surface area contributed by atoms with E-state index in [4.69, 9.17) is 13.9 Å². The van der Waals surface area contributed by atoms with Gasteiger partial charge in [0, 0.05) is 5.56 Å². The minimum atomic E-state index is -0.154. The molecule has 1 aromatic heterocycles.